The average Bonchev–Trinajstić information content (AvgIpc) is 2.03. The van der Waals surface area contributed by atoms with Crippen LogP contribution in [0.4, 0.5) is 0 Å². The van der Waals surface area contributed by atoms with Gasteiger partial charge in [-0.05, 0) is 20.3 Å². The van der Waals surface area contributed by atoms with E-state index in [9.17, 15) is 9.59 Å². The first kappa shape index (κ1) is 12.9. The highest BCUT2D eigenvalue weighted by Crippen LogP contribution is 2.08. The number of carbonyl (C=O) groups is 2. The van der Waals surface area contributed by atoms with Gasteiger partial charge in [0.1, 0.15) is 6.04 Å². The van der Waals surface area contributed by atoms with Crippen LogP contribution < -0.4 is 11.1 Å². The second-order valence-corrected chi connectivity index (χ2v) is 3.70. The molecule has 1 amide bonds. The Morgan fingerprint density at radius 1 is 1.57 bits per heavy atom. The first-order chi connectivity index (χ1) is 6.31. The number of carboxylic acid groups (broad SMARTS) is 1. The maximum Gasteiger partial charge on any atom is 0.325 e. The summed E-state index contributed by atoms with van der Waals surface area (Å²) < 4.78 is 0. The molecule has 0 radical (unpaired) electrons. The zero-order valence-electron chi connectivity index (χ0n) is 8.83. The summed E-state index contributed by atoms with van der Waals surface area (Å²) in [5.41, 5.74) is 4.73. The molecular formula is C9H18N2O3. The van der Waals surface area contributed by atoms with E-state index in [1.807, 2.05) is 6.92 Å². The third kappa shape index (κ3) is 3.74. The predicted octanol–water partition coefficient (Wildman–Crippen LogP) is 0.0932. The van der Waals surface area contributed by atoms with Gasteiger partial charge in [-0.1, -0.05) is 13.3 Å². The molecule has 82 valence electrons. The molecule has 2 atom stereocenters. The first-order valence-corrected chi connectivity index (χ1v) is 4.64. The van der Waals surface area contributed by atoms with Crippen molar-refractivity contribution >= 4 is 11.9 Å². The maximum absolute atomic E-state index is 11.5. The lowest BCUT2D eigenvalue weighted by Gasteiger charge is -2.24. The van der Waals surface area contributed by atoms with E-state index in [4.69, 9.17) is 10.8 Å². The molecule has 0 aromatic rings. The summed E-state index contributed by atoms with van der Waals surface area (Å²) in [4.78, 5) is 21.9. The molecule has 0 aromatic carbocycles. The molecule has 14 heavy (non-hydrogen) atoms. The molecule has 0 aromatic heterocycles. The minimum atomic E-state index is -1.06. The van der Waals surface area contributed by atoms with Gasteiger partial charge in [0.15, 0.2) is 0 Å². The highest BCUT2D eigenvalue weighted by molar-refractivity contribution is 5.89. The Balaban J connectivity index is 4.26. The molecule has 5 nitrogen and oxygen atoms in total. The van der Waals surface area contributed by atoms with Crippen molar-refractivity contribution in [1.29, 1.82) is 0 Å². The third-order valence-electron chi connectivity index (χ3n) is 2.01. The minimum Gasteiger partial charge on any atom is -0.480 e. The van der Waals surface area contributed by atoms with Crippen LogP contribution >= 0.6 is 0 Å². The van der Waals surface area contributed by atoms with Gasteiger partial charge in [-0.2, -0.15) is 0 Å². The molecule has 0 rings (SSSR count). The van der Waals surface area contributed by atoms with Gasteiger partial charge in [-0.3, -0.25) is 9.59 Å². The normalized spacial score (nSPS) is 16.9. The lowest BCUT2D eigenvalue weighted by molar-refractivity contribution is -0.142. The highest BCUT2D eigenvalue weighted by atomic mass is 16.4. The summed E-state index contributed by atoms with van der Waals surface area (Å²) in [7, 11) is 0. The number of nitrogens with one attached hydrogen (secondary N) is 1. The van der Waals surface area contributed by atoms with Crippen LogP contribution in [0.25, 0.3) is 0 Å². The molecular weight excluding hydrogens is 184 g/mol. The van der Waals surface area contributed by atoms with Crippen LogP contribution in [-0.2, 0) is 9.59 Å². The topological polar surface area (TPSA) is 92.4 Å². The van der Waals surface area contributed by atoms with Gasteiger partial charge < -0.3 is 16.2 Å². The van der Waals surface area contributed by atoms with Gasteiger partial charge >= 0.3 is 5.97 Å². The van der Waals surface area contributed by atoms with Gasteiger partial charge in [-0.25, -0.2) is 0 Å². The van der Waals surface area contributed by atoms with Crippen LogP contribution in [0.2, 0.25) is 0 Å². The Labute approximate surface area is 83.7 Å². The molecule has 0 aliphatic rings. The van der Waals surface area contributed by atoms with Crippen molar-refractivity contribution in [1.82, 2.24) is 5.32 Å². The van der Waals surface area contributed by atoms with Gasteiger partial charge in [-0.15, -0.1) is 0 Å². The fraction of sp³-hybridized carbons (Fsp3) is 0.778. The molecule has 4 N–H and O–H groups in total. The van der Waals surface area contributed by atoms with Crippen molar-refractivity contribution in [2.24, 2.45) is 5.73 Å². The molecule has 0 saturated heterocycles. The fourth-order valence-corrected chi connectivity index (χ4v) is 1.06. The quantitative estimate of drug-likeness (QED) is 0.589. The van der Waals surface area contributed by atoms with Crippen molar-refractivity contribution in [3.63, 3.8) is 0 Å². The summed E-state index contributed by atoms with van der Waals surface area (Å²) in [6.07, 6.45) is 1.31. The number of aliphatic carboxylic acids is 1. The van der Waals surface area contributed by atoms with E-state index in [0.717, 1.165) is 6.42 Å². The molecule has 0 bridgehead atoms. The van der Waals surface area contributed by atoms with E-state index in [1.54, 1.807) is 6.92 Å². The standard InChI is InChI=1S/C9H18N2O3/c1-4-5-9(3,10)8(14)11-6(2)7(12)13/h6H,4-5,10H2,1-3H3,(H,11,14)(H,12,13)/t6-,9?/m1/s1. The lowest BCUT2D eigenvalue weighted by atomic mass is 9.96. The van der Waals surface area contributed by atoms with Crippen LogP contribution in [0, 0.1) is 0 Å². The van der Waals surface area contributed by atoms with Crippen molar-refractivity contribution < 1.29 is 14.7 Å². The number of hydrogen-bond acceptors (Lipinski definition) is 3. The number of carbonyl (C=O) groups excluding carboxylic acids is 1. The van der Waals surface area contributed by atoms with E-state index in [2.05, 4.69) is 5.32 Å². The van der Waals surface area contributed by atoms with E-state index >= 15 is 0 Å². The largest absolute Gasteiger partial charge is 0.480 e. The fourth-order valence-electron chi connectivity index (χ4n) is 1.06. The van der Waals surface area contributed by atoms with Crippen LogP contribution in [0.5, 0.6) is 0 Å². The molecule has 5 heteroatoms. The number of amides is 1. The number of rotatable bonds is 5. The molecule has 0 aliphatic carbocycles. The maximum atomic E-state index is 11.5. The minimum absolute atomic E-state index is 0.422. The molecule has 0 heterocycles. The second-order valence-electron chi connectivity index (χ2n) is 3.70. The lowest BCUT2D eigenvalue weighted by Crippen LogP contribution is -2.54. The van der Waals surface area contributed by atoms with E-state index in [1.165, 1.54) is 6.92 Å². The van der Waals surface area contributed by atoms with Crippen molar-refractivity contribution in [2.45, 2.75) is 45.2 Å². The summed E-state index contributed by atoms with van der Waals surface area (Å²) in [5.74, 6) is -1.49. The van der Waals surface area contributed by atoms with Crippen LogP contribution in [0.1, 0.15) is 33.6 Å². The second kappa shape index (κ2) is 4.95. The summed E-state index contributed by atoms with van der Waals surface area (Å²) >= 11 is 0. The van der Waals surface area contributed by atoms with Crippen LogP contribution in [0.3, 0.4) is 0 Å². The summed E-state index contributed by atoms with van der Waals surface area (Å²) in [6.45, 7) is 4.92. The molecule has 1 unspecified atom stereocenters. The molecule has 0 saturated carbocycles. The zero-order chi connectivity index (χ0) is 11.4. The van der Waals surface area contributed by atoms with Gasteiger partial charge in [0.05, 0.1) is 5.54 Å². The average molecular weight is 202 g/mol. The van der Waals surface area contributed by atoms with Crippen LogP contribution in [-0.4, -0.2) is 28.6 Å². The Bertz CT molecular complexity index is 226. The monoisotopic (exact) mass is 202 g/mol. The smallest absolute Gasteiger partial charge is 0.325 e. The van der Waals surface area contributed by atoms with Crippen molar-refractivity contribution in [3.05, 3.63) is 0 Å². The van der Waals surface area contributed by atoms with Crippen molar-refractivity contribution in [3.8, 4) is 0 Å². The summed E-state index contributed by atoms with van der Waals surface area (Å²) in [5, 5.41) is 10.9. The SMILES string of the molecule is CCCC(C)(N)C(=O)N[C@H](C)C(=O)O. The van der Waals surface area contributed by atoms with Gasteiger partial charge in [0.25, 0.3) is 0 Å². The first-order valence-electron chi connectivity index (χ1n) is 4.64. The number of hydrogen-bond donors (Lipinski definition) is 3. The van der Waals surface area contributed by atoms with E-state index in [0.29, 0.717) is 6.42 Å². The van der Waals surface area contributed by atoms with E-state index < -0.39 is 23.5 Å². The Morgan fingerprint density at radius 3 is 2.43 bits per heavy atom. The molecule has 0 aliphatic heterocycles. The molecule has 0 fully saturated rings. The number of carboxylic acids is 1. The van der Waals surface area contributed by atoms with Gasteiger partial charge in [0.2, 0.25) is 5.91 Å². The predicted molar refractivity (Wildman–Crippen MR) is 52.7 cm³/mol. The molecule has 0 spiro atoms. The summed E-state index contributed by atoms with van der Waals surface area (Å²) in [6, 6.07) is -0.901. The third-order valence-corrected chi connectivity index (χ3v) is 2.01. The van der Waals surface area contributed by atoms with Crippen LogP contribution in [0.15, 0.2) is 0 Å². The Hall–Kier alpha value is -1.10. The Kier molecular flexibility index (Phi) is 4.56. The number of nitrogens with two attached hydrogens (primary N) is 1. The Morgan fingerprint density at radius 2 is 2.07 bits per heavy atom. The zero-order valence-corrected chi connectivity index (χ0v) is 8.83. The highest BCUT2D eigenvalue weighted by Gasteiger charge is 2.29. The van der Waals surface area contributed by atoms with Gasteiger partial charge in [0, 0.05) is 0 Å². The van der Waals surface area contributed by atoms with Crippen molar-refractivity contribution in [2.75, 3.05) is 0 Å². The van der Waals surface area contributed by atoms with E-state index in [-0.39, 0.29) is 0 Å².